The summed E-state index contributed by atoms with van der Waals surface area (Å²) in [6.07, 6.45) is 0. The fourth-order valence-electron chi connectivity index (χ4n) is 2.44. The first-order valence-electron chi connectivity index (χ1n) is 7.48. The third-order valence-corrected chi connectivity index (χ3v) is 4.68. The van der Waals surface area contributed by atoms with Crippen LogP contribution in [0.1, 0.15) is 11.1 Å². The molecule has 7 heteroatoms. The van der Waals surface area contributed by atoms with Crippen LogP contribution in [-0.4, -0.2) is 27.8 Å². The lowest BCUT2D eigenvalue weighted by Crippen LogP contribution is -2.30. The number of hydrogen-bond acceptors (Lipinski definition) is 3. The monoisotopic (exact) mass is 394 g/mol. The van der Waals surface area contributed by atoms with Gasteiger partial charge in [0.15, 0.2) is 5.38 Å². The number of halogens is 3. The first-order chi connectivity index (χ1) is 12.0. The molecule has 0 aliphatic carbocycles. The van der Waals surface area contributed by atoms with Gasteiger partial charge in [0.1, 0.15) is 5.71 Å². The van der Waals surface area contributed by atoms with Crippen LogP contribution in [0.5, 0.6) is 0 Å². The molecule has 2 amide bonds. The van der Waals surface area contributed by atoms with Crippen molar-refractivity contribution >= 4 is 52.3 Å². The lowest BCUT2D eigenvalue weighted by molar-refractivity contribution is -0.137. The normalized spacial score (nSPS) is 19.1. The minimum atomic E-state index is -1.06. The molecule has 1 fully saturated rings. The molecule has 2 aromatic carbocycles. The Labute approximate surface area is 160 Å². The molecular formula is C18H13Cl3N2O2. The lowest BCUT2D eigenvalue weighted by atomic mass is 10.2. The summed E-state index contributed by atoms with van der Waals surface area (Å²) in [4.78, 5) is 30.2. The number of imide groups is 1. The van der Waals surface area contributed by atoms with Gasteiger partial charge < -0.3 is 0 Å². The molecule has 2 aromatic rings. The first-order valence-corrected chi connectivity index (χ1v) is 8.68. The second-order valence-electron chi connectivity index (χ2n) is 5.55. The predicted octanol–water partition coefficient (Wildman–Crippen LogP) is 4.11. The summed E-state index contributed by atoms with van der Waals surface area (Å²) in [5, 5.41) is 0.142. The van der Waals surface area contributed by atoms with Gasteiger partial charge in [-0.3, -0.25) is 19.5 Å². The first kappa shape index (κ1) is 17.9. The standard InChI is InChI=1S/C18H13Cl3N2O2/c19-13-5-1-11(2-6-13)9-22-16-15(21)17(24)23(18(16)25)10-12-3-7-14(20)8-4-12/h1-8,15H,9-10H2. The van der Waals surface area contributed by atoms with Crippen molar-refractivity contribution in [2.45, 2.75) is 18.5 Å². The van der Waals surface area contributed by atoms with Crippen molar-refractivity contribution in [3.8, 4) is 0 Å². The van der Waals surface area contributed by atoms with E-state index >= 15 is 0 Å². The van der Waals surface area contributed by atoms with Crippen LogP contribution in [0, 0.1) is 0 Å². The summed E-state index contributed by atoms with van der Waals surface area (Å²) in [5.41, 5.74) is 1.72. The molecule has 1 aliphatic rings. The van der Waals surface area contributed by atoms with Crippen LogP contribution in [0.15, 0.2) is 53.5 Å². The van der Waals surface area contributed by atoms with Crippen molar-refractivity contribution in [2.75, 3.05) is 0 Å². The fraction of sp³-hybridized carbons (Fsp3) is 0.167. The Morgan fingerprint density at radius 2 is 1.40 bits per heavy atom. The van der Waals surface area contributed by atoms with Crippen LogP contribution in [0.25, 0.3) is 0 Å². The van der Waals surface area contributed by atoms with E-state index in [0.717, 1.165) is 16.0 Å². The van der Waals surface area contributed by atoms with Crippen LogP contribution >= 0.6 is 34.8 Å². The highest BCUT2D eigenvalue weighted by Crippen LogP contribution is 2.21. The second kappa shape index (κ2) is 7.56. The number of rotatable bonds is 4. The smallest absolute Gasteiger partial charge is 0.276 e. The third kappa shape index (κ3) is 4.03. The Morgan fingerprint density at radius 1 is 0.880 bits per heavy atom. The van der Waals surface area contributed by atoms with E-state index in [9.17, 15) is 9.59 Å². The maximum absolute atomic E-state index is 12.5. The zero-order valence-electron chi connectivity index (χ0n) is 13.0. The molecule has 128 valence electrons. The van der Waals surface area contributed by atoms with E-state index in [0.29, 0.717) is 10.0 Å². The molecule has 1 saturated heterocycles. The molecule has 3 rings (SSSR count). The van der Waals surface area contributed by atoms with Crippen LogP contribution in [0.3, 0.4) is 0 Å². The summed E-state index contributed by atoms with van der Waals surface area (Å²) >= 11 is 17.8. The summed E-state index contributed by atoms with van der Waals surface area (Å²) in [6.45, 7) is 0.390. The molecule has 0 saturated carbocycles. The van der Waals surface area contributed by atoms with Gasteiger partial charge in [0.05, 0.1) is 13.1 Å². The minimum Gasteiger partial charge on any atom is -0.277 e. The Morgan fingerprint density at radius 3 is 1.96 bits per heavy atom. The van der Waals surface area contributed by atoms with Crippen molar-refractivity contribution < 1.29 is 9.59 Å². The number of carbonyl (C=O) groups excluding carboxylic acids is 2. The van der Waals surface area contributed by atoms with Crippen molar-refractivity contribution in [1.29, 1.82) is 0 Å². The van der Waals surface area contributed by atoms with Gasteiger partial charge in [-0.2, -0.15) is 0 Å². The van der Waals surface area contributed by atoms with Crippen molar-refractivity contribution in [2.24, 2.45) is 4.99 Å². The van der Waals surface area contributed by atoms with E-state index in [1.807, 2.05) is 12.1 Å². The largest absolute Gasteiger partial charge is 0.277 e. The Bertz CT molecular complexity index is 832. The van der Waals surface area contributed by atoms with Gasteiger partial charge in [0, 0.05) is 10.0 Å². The van der Waals surface area contributed by atoms with Crippen LogP contribution in [0.4, 0.5) is 0 Å². The average Bonchev–Trinajstić information content (AvgIpc) is 2.80. The maximum Gasteiger partial charge on any atom is 0.276 e. The number of benzene rings is 2. The summed E-state index contributed by atoms with van der Waals surface area (Å²) in [6, 6.07) is 14.0. The molecule has 1 aliphatic heterocycles. The number of aliphatic imine (C=N–C) groups is 1. The molecule has 0 radical (unpaired) electrons. The van der Waals surface area contributed by atoms with E-state index in [2.05, 4.69) is 4.99 Å². The number of amides is 2. The number of likely N-dealkylation sites (tertiary alicyclic amines) is 1. The Balaban J connectivity index is 1.76. The third-order valence-electron chi connectivity index (χ3n) is 3.79. The topological polar surface area (TPSA) is 49.7 Å². The molecule has 0 bridgehead atoms. The number of nitrogens with zero attached hydrogens (tertiary/aromatic N) is 2. The molecule has 0 N–H and O–H groups in total. The molecule has 0 aromatic heterocycles. The van der Waals surface area contributed by atoms with Gasteiger partial charge in [-0.15, -0.1) is 11.6 Å². The van der Waals surface area contributed by atoms with E-state index in [1.54, 1.807) is 36.4 Å². The minimum absolute atomic E-state index is 0.0654. The SMILES string of the molecule is O=C1C(=NCc2ccc(Cl)cc2)C(Cl)C(=O)N1Cc1ccc(Cl)cc1. The van der Waals surface area contributed by atoms with Gasteiger partial charge in [-0.1, -0.05) is 47.5 Å². The number of hydrogen-bond donors (Lipinski definition) is 0. The zero-order valence-corrected chi connectivity index (χ0v) is 15.2. The van der Waals surface area contributed by atoms with E-state index < -0.39 is 17.2 Å². The van der Waals surface area contributed by atoms with Gasteiger partial charge >= 0.3 is 0 Å². The second-order valence-corrected chi connectivity index (χ2v) is 6.86. The van der Waals surface area contributed by atoms with E-state index in [1.165, 1.54) is 0 Å². The van der Waals surface area contributed by atoms with Crippen LogP contribution in [0.2, 0.25) is 10.0 Å². The highest BCUT2D eigenvalue weighted by Gasteiger charge is 2.43. The zero-order chi connectivity index (χ0) is 18.0. The molecule has 25 heavy (non-hydrogen) atoms. The molecule has 0 spiro atoms. The Hall–Kier alpha value is -1.88. The predicted molar refractivity (Wildman–Crippen MR) is 99.2 cm³/mol. The van der Waals surface area contributed by atoms with Crippen LogP contribution < -0.4 is 0 Å². The van der Waals surface area contributed by atoms with Gasteiger partial charge in [0.25, 0.3) is 11.8 Å². The summed E-state index contributed by atoms with van der Waals surface area (Å²) in [5.74, 6) is -0.926. The molecule has 1 atom stereocenters. The quantitative estimate of drug-likeness (QED) is 0.578. The molecular weight excluding hydrogens is 383 g/mol. The molecule has 1 unspecified atom stereocenters. The molecule has 1 heterocycles. The van der Waals surface area contributed by atoms with Gasteiger partial charge in [0.2, 0.25) is 0 Å². The van der Waals surface area contributed by atoms with Gasteiger partial charge in [-0.05, 0) is 35.4 Å². The summed E-state index contributed by atoms with van der Waals surface area (Å²) < 4.78 is 0. The average molecular weight is 396 g/mol. The number of alkyl halides is 1. The molecule has 4 nitrogen and oxygen atoms in total. The van der Waals surface area contributed by atoms with E-state index in [4.69, 9.17) is 34.8 Å². The maximum atomic E-state index is 12.5. The Kier molecular flexibility index (Phi) is 5.42. The van der Waals surface area contributed by atoms with E-state index in [-0.39, 0.29) is 18.8 Å². The van der Waals surface area contributed by atoms with Crippen molar-refractivity contribution in [3.05, 3.63) is 69.7 Å². The fourth-order valence-corrected chi connectivity index (χ4v) is 2.97. The van der Waals surface area contributed by atoms with Crippen molar-refractivity contribution in [3.63, 3.8) is 0 Å². The van der Waals surface area contributed by atoms with Crippen molar-refractivity contribution in [1.82, 2.24) is 4.90 Å². The highest BCUT2D eigenvalue weighted by atomic mass is 35.5. The highest BCUT2D eigenvalue weighted by molar-refractivity contribution is 6.63. The van der Waals surface area contributed by atoms with Crippen LogP contribution in [-0.2, 0) is 22.7 Å². The number of carbonyl (C=O) groups is 2. The lowest BCUT2D eigenvalue weighted by Gasteiger charge is -2.13. The van der Waals surface area contributed by atoms with Gasteiger partial charge in [-0.25, -0.2) is 0 Å². The summed E-state index contributed by atoms with van der Waals surface area (Å²) in [7, 11) is 0.